The molecule has 22 heavy (non-hydrogen) atoms. The van der Waals surface area contributed by atoms with Crippen LogP contribution in [0.4, 0.5) is 0 Å². The summed E-state index contributed by atoms with van der Waals surface area (Å²) in [5.74, 6) is 0.123. The highest BCUT2D eigenvalue weighted by molar-refractivity contribution is 9.10. The number of rotatable bonds is 5. The van der Waals surface area contributed by atoms with Crippen LogP contribution in [0.15, 0.2) is 89.5 Å². The molecule has 0 heterocycles. The minimum atomic E-state index is 0.123. The molecule has 0 N–H and O–H groups in total. The predicted molar refractivity (Wildman–Crippen MR) is 101 cm³/mol. The lowest BCUT2D eigenvalue weighted by Crippen LogP contribution is -2.06. The van der Waals surface area contributed by atoms with Gasteiger partial charge in [-0.1, -0.05) is 83.2 Å². The van der Waals surface area contributed by atoms with Crippen LogP contribution in [0.5, 0.6) is 0 Å². The van der Waals surface area contributed by atoms with E-state index < -0.39 is 0 Å². The van der Waals surface area contributed by atoms with Crippen molar-refractivity contribution in [2.24, 2.45) is 0 Å². The zero-order valence-corrected chi connectivity index (χ0v) is 14.7. The topological polar surface area (TPSA) is 0 Å². The summed E-state index contributed by atoms with van der Waals surface area (Å²) in [6.07, 6.45) is 2.18. The van der Waals surface area contributed by atoms with Gasteiger partial charge in [-0.3, -0.25) is 0 Å². The predicted octanol–water partition coefficient (Wildman–Crippen LogP) is 6.77. The quantitative estimate of drug-likeness (QED) is 0.521. The molecule has 1 heteroatoms. The van der Waals surface area contributed by atoms with Crippen LogP contribution < -0.4 is 0 Å². The van der Waals surface area contributed by atoms with E-state index in [2.05, 4.69) is 90.6 Å². The van der Waals surface area contributed by atoms with Crippen molar-refractivity contribution in [2.75, 3.05) is 0 Å². The first kappa shape index (κ1) is 16.5. The van der Waals surface area contributed by atoms with Crippen LogP contribution >= 0.6 is 15.9 Å². The zero-order valence-electron chi connectivity index (χ0n) is 13.1. The van der Waals surface area contributed by atoms with E-state index >= 15 is 0 Å². The van der Waals surface area contributed by atoms with Crippen LogP contribution in [0.1, 0.15) is 30.9 Å². The van der Waals surface area contributed by atoms with E-state index in [1.165, 1.54) is 16.7 Å². The number of benzene rings is 2. The van der Waals surface area contributed by atoms with Crippen LogP contribution in [0.3, 0.4) is 0 Å². The second kappa shape index (κ2) is 7.42. The molecule has 0 aliphatic heterocycles. The van der Waals surface area contributed by atoms with Gasteiger partial charge in [0.1, 0.15) is 0 Å². The normalized spacial score (nSPS) is 12.8. The Hall–Kier alpha value is -1.86. The number of halogens is 1. The van der Waals surface area contributed by atoms with E-state index in [9.17, 15) is 0 Å². The molecule has 0 spiro atoms. The van der Waals surface area contributed by atoms with E-state index in [-0.39, 0.29) is 5.92 Å². The number of hydrogen-bond acceptors (Lipinski definition) is 0. The summed E-state index contributed by atoms with van der Waals surface area (Å²) in [6, 6.07) is 18.9. The van der Waals surface area contributed by atoms with Gasteiger partial charge in [0.2, 0.25) is 0 Å². The molecule has 0 aromatic heterocycles. The van der Waals surface area contributed by atoms with E-state index in [4.69, 9.17) is 0 Å². The first-order chi connectivity index (χ1) is 10.5. The molecule has 2 rings (SSSR count). The van der Waals surface area contributed by atoms with Crippen molar-refractivity contribution >= 4 is 21.5 Å². The minimum absolute atomic E-state index is 0.123. The second-order valence-corrected chi connectivity index (χ2v) is 6.32. The highest BCUT2D eigenvalue weighted by atomic mass is 79.9. The first-order valence-corrected chi connectivity index (χ1v) is 8.15. The molecule has 0 fully saturated rings. The van der Waals surface area contributed by atoms with Crippen molar-refractivity contribution in [3.05, 3.63) is 101 Å². The van der Waals surface area contributed by atoms with Crippen LogP contribution in [-0.2, 0) is 0 Å². The van der Waals surface area contributed by atoms with Gasteiger partial charge in [-0.2, -0.15) is 0 Å². The Morgan fingerprint density at radius 2 is 1.59 bits per heavy atom. The summed E-state index contributed by atoms with van der Waals surface area (Å²) in [5, 5.41) is 0. The maximum Gasteiger partial charge on any atom is 0.0339 e. The fraction of sp³-hybridized carbons (Fsp3) is 0.143. The molecule has 1 atom stereocenters. The molecule has 2 aromatic rings. The zero-order chi connectivity index (χ0) is 16.1. The van der Waals surface area contributed by atoms with Crippen molar-refractivity contribution in [3.8, 4) is 0 Å². The van der Waals surface area contributed by atoms with Gasteiger partial charge in [0, 0.05) is 10.4 Å². The Morgan fingerprint density at radius 1 is 1.00 bits per heavy atom. The Labute approximate surface area is 142 Å². The van der Waals surface area contributed by atoms with Gasteiger partial charge in [-0.25, -0.2) is 0 Å². The Morgan fingerprint density at radius 3 is 2.09 bits per heavy atom. The van der Waals surface area contributed by atoms with Crippen LogP contribution in [-0.4, -0.2) is 0 Å². The largest absolute Gasteiger partial charge is 0.0958 e. The third kappa shape index (κ3) is 3.66. The summed E-state index contributed by atoms with van der Waals surface area (Å²) in [6.45, 7) is 12.5. The number of hydrogen-bond donors (Lipinski definition) is 0. The van der Waals surface area contributed by atoms with Crippen LogP contribution in [0, 0.1) is 0 Å². The average molecular weight is 353 g/mol. The second-order valence-electron chi connectivity index (χ2n) is 5.40. The van der Waals surface area contributed by atoms with Crippen LogP contribution in [0.2, 0.25) is 0 Å². The van der Waals surface area contributed by atoms with Crippen molar-refractivity contribution in [3.63, 3.8) is 0 Å². The molecule has 0 saturated carbocycles. The molecule has 0 radical (unpaired) electrons. The molecule has 0 aliphatic carbocycles. The third-order valence-electron chi connectivity index (χ3n) is 3.83. The molecule has 0 aliphatic rings. The minimum Gasteiger partial charge on any atom is -0.0958 e. The average Bonchev–Trinajstić information content (AvgIpc) is 2.53. The van der Waals surface area contributed by atoms with Crippen molar-refractivity contribution < 1.29 is 0 Å². The summed E-state index contributed by atoms with van der Waals surface area (Å²) >= 11 is 3.50. The first-order valence-electron chi connectivity index (χ1n) is 7.36. The van der Waals surface area contributed by atoms with Crippen LogP contribution in [0.25, 0.3) is 5.57 Å². The van der Waals surface area contributed by atoms with E-state index in [1.807, 2.05) is 13.0 Å². The summed E-state index contributed by atoms with van der Waals surface area (Å²) in [7, 11) is 0. The molecule has 112 valence electrons. The molecule has 1 unspecified atom stereocenters. The van der Waals surface area contributed by atoms with Gasteiger partial charge in [0.15, 0.2) is 0 Å². The Bertz CT molecular complexity index is 690. The molecule has 0 amide bonds. The van der Waals surface area contributed by atoms with Gasteiger partial charge in [-0.05, 0) is 48.3 Å². The standard InChI is InChI=1S/C21H21Br/c1-5-20(17-9-7-6-8-10-17)21(16(4)15(2)3)18-11-13-19(22)14-12-18/h5-14,21H,2,4H2,1,3H3/b20-5-. The lowest BCUT2D eigenvalue weighted by atomic mass is 9.80. The lowest BCUT2D eigenvalue weighted by Gasteiger charge is -2.24. The summed E-state index contributed by atoms with van der Waals surface area (Å²) in [4.78, 5) is 0. The lowest BCUT2D eigenvalue weighted by molar-refractivity contribution is 1.02. The van der Waals surface area contributed by atoms with Gasteiger partial charge in [-0.15, -0.1) is 0 Å². The molecular formula is C21H21Br. The maximum absolute atomic E-state index is 4.30. The monoisotopic (exact) mass is 352 g/mol. The Balaban J connectivity index is 2.55. The van der Waals surface area contributed by atoms with Crippen molar-refractivity contribution in [1.29, 1.82) is 0 Å². The van der Waals surface area contributed by atoms with Gasteiger partial charge in [0.25, 0.3) is 0 Å². The smallest absolute Gasteiger partial charge is 0.0339 e. The molecule has 0 nitrogen and oxygen atoms in total. The molecule has 2 aromatic carbocycles. The SMILES string of the molecule is C=C(C)C(=C)C(/C(=C\C)c1ccccc1)c1ccc(Br)cc1. The van der Waals surface area contributed by atoms with Crippen molar-refractivity contribution in [1.82, 2.24) is 0 Å². The van der Waals surface area contributed by atoms with Gasteiger partial charge >= 0.3 is 0 Å². The Kier molecular flexibility index (Phi) is 5.57. The molecule has 0 bridgehead atoms. The third-order valence-corrected chi connectivity index (χ3v) is 4.36. The maximum atomic E-state index is 4.30. The number of allylic oxidation sites excluding steroid dienone is 4. The van der Waals surface area contributed by atoms with E-state index in [0.29, 0.717) is 0 Å². The van der Waals surface area contributed by atoms with Gasteiger partial charge in [0.05, 0.1) is 0 Å². The molecule has 0 saturated heterocycles. The van der Waals surface area contributed by atoms with E-state index in [0.717, 1.165) is 15.6 Å². The fourth-order valence-corrected chi connectivity index (χ4v) is 2.87. The highest BCUT2D eigenvalue weighted by Gasteiger charge is 2.21. The summed E-state index contributed by atoms with van der Waals surface area (Å²) < 4.78 is 1.08. The highest BCUT2D eigenvalue weighted by Crippen LogP contribution is 2.39. The van der Waals surface area contributed by atoms with Crippen molar-refractivity contribution in [2.45, 2.75) is 19.8 Å². The molecular weight excluding hydrogens is 332 g/mol. The van der Waals surface area contributed by atoms with E-state index in [1.54, 1.807) is 0 Å². The summed E-state index contributed by atoms with van der Waals surface area (Å²) in [5.41, 5.74) is 5.78. The fourth-order valence-electron chi connectivity index (χ4n) is 2.60. The van der Waals surface area contributed by atoms with Gasteiger partial charge < -0.3 is 0 Å².